The van der Waals surface area contributed by atoms with E-state index in [2.05, 4.69) is 5.32 Å². The molecule has 1 amide bonds. The molecule has 0 aliphatic carbocycles. The third-order valence-electron chi connectivity index (χ3n) is 2.50. The Hall–Kier alpha value is -1.95. The number of carbonyl (C=O) groups is 2. The monoisotopic (exact) mass is 315 g/mol. The van der Waals surface area contributed by atoms with Crippen molar-refractivity contribution in [1.82, 2.24) is 5.32 Å². The fourth-order valence-corrected chi connectivity index (χ4v) is 1.88. The van der Waals surface area contributed by atoms with Crippen molar-refractivity contribution in [3.05, 3.63) is 22.7 Å². The number of hydrogen-bond donors (Lipinski definition) is 2. The number of carboxylic acids is 1. The molecule has 2 N–H and O–H groups in total. The Balaban J connectivity index is 2.82. The molecule has 1 aromatic carbocycles. The highest BCUT2D eigenvalue weighted by atomic mass is 35.5. The molecule has 7 heteroatoms. The Morgan fingerprint density at radius 2 is 2.05 bits per heavy atom. The lowest BCUT2D eigenvalue weighted by molar-refractivity contribution is -0.122. The summed E-state index contributed by atoms with van der Waals surface area (Å²) in [4.78, 5) is 22.7. The third kappa shape index (κ3) is 5.15. The third-order valence-corrected chi connectivity index (χ3v) is 2.71. The van der Waals surface area contributed by atoms with Gasteiger partial charge in [-0.05, 0) is 19.9 Å². The van der Waals surface area contributed by atoms with Crippen LogP contribution in [0.25, 0.3) is 0 Å². The molecule has 1 aromatic rings. The Morgan fingerprint density at radius 1 is 1.38 bits per heavy atom. The van der Waals surface area contributed by atoms with Crippen molar-refractivity contribution >= 4 is 23.5 Å². The van der Waals surface area contributed by atoms with E-state index in [9.17, 15) is 9.59 Å². The van der Waals surface area contributed by atoms with Crippen LogP contribution >= 0.6 is 11.6 Å². The normalized spacial score (nSPS) is 10.3. The fraction of sp³-hybridized carbons (Fsp3) is 0.429. The molecule has 0 aliphatic rings. The number of nitrogens with one attached hydrogen (secondary N) is 1. The molecule has 0 unspecified atom stereocenters. The van der Waals surface area contributed by atoms with Crippen molar-refractivity contribution in [2.24, 2.45) is 0 Å². The number of ether oxygens (including phenoxy) is 2. The van der Waals surface area contributed by atoms with Crippen molar-refractivity contribution in [2.75, 3.05) is 13.7 Å². The van der Waals surface area contributed by atoms with Gasteiger partial charge in [-0.2, -0.15) is 0 Å². The zero-order valence-electron chi connectivity index (χ0n) is 12.1. The summed E-state index contributed by atoms with van der Waals surface area (Å²) in [5, 5.41) is 12.1. The minimum absolute atomic E-state index is 0.0385. The first-order valence-corrected chi connectivity index (χ1v) is 6.76. The largest absolute Gasteiger partial charge is 0.493 e. The van der Waals surface area contributed by atoms with Gasteiger partial charge in [0.05, 0.1) is 20.1 Å². The van der Waals surface area contributed by atoms with E-state index in [0.717, 1.165) is 0 Å². The molecule has 21 heavy (non-hydrogen) atoms. The number of halogens is 1. The maximum absolute atomic E-state index is 11.5. The van der Waals surface area contributed by atoms with Gasteiger partial charge in [0.2, 0.25) is 5.91 Å². The van der Waals surface area contributed by atoms with E-state index in [1.807, 2.05) is 13.8 Å². The maximum atomic E-state index is 11.5. The van der Waals surface area contributed by atoms with Crippen molar-refractivity contribution in [3.8, 4) is 11.5 Å². The van der Waals surface area contributed by atoms with Gasteiger partial charge in [0.25, 0.3) is 0 Å². The highest BCUT2D eigenvalue weighted by molar-refractivity contribution is 6.31. The van der Waals surface area contributed by atoms with Crippen LogP contribution < -0.4 is 14.8 Å². The van der Waals surface area contributed by atoms with E-state index < -0.39 is 5.97 Å². The Labute approximate surface area is 128 Å². The van der Waals surface area contributed by atoms with Crippen molar-refractivity contribution in [3.63, 3.8) is 0 Å². The highest BCUT2D eigenvalue weighted by Gasteiger charge is 2.18. The standard InChI is InChI=1S/C14H18ClNO5/c1-8(2)16-12(17)4-5-21-13-10(14(18)19)6-9(15)7-11(13)20-3/h6-8H,4-5H2,1-3H3,(H,16,17)(H,18,19). The van der Waals surface area contributed by atoms with E-state index in [1.165, 1.54) is 19.2 Å². The van der Waals surface area contributed by atoms with Gasteiger partial charge in [-0.1, -0.05) is 11.6 Å². The molecule has 0 saturated carbocycles. The van der Waals surface area contributed by atoms with Crippen LogP contribution in [0.5, 0.6) is 11.5 Å². The second-order valence-electron chi connectivity index (χ2n) is 4.61. The summed E-state index contributed by atoms with van der Waals surface area (Å²) in [6.45, 7) is 3.74. The number of methoxy groups -OCH3 is 1. The van der Waals surface area contributed by atoms with Gasteiger partial charge in [0.15, 0.2) is 11.5 Å². The number of hydrogen-bond acceptors (Lipinski definition) is 4. The number of carboxylic acid groups (broad SMARTS) is 1. The number of amides is 1. The fourth-order valence-electron chi connectivity index (χ4n) is 1.67. The quantitative estimate of drug-likeness (QED) is 0.806. The molecule has 0 aliphatic heterocycles. The van der Waals surface area contributed by atoms with Crippen LogP contribution in [0.2, 0.25) is 5.02 Å². The minimum atomic E-state index is -1.18. The second kappa shape index (κ2) is 7.73. The summed E-state index contributed by atoms with van der Waals surface area (Å²) in [6.07, 6.45) is 0.114. The molecule has 0 aromatic heterocycles. The molecule has 0 bridgehead atoms. The highest BCUT2D eigenvalue weighted by Crippen LogP contribution is 2.34. The first-order chi connectivity index (χ1) is 9.85. The van der Waals surface area contributed by atoms with E-state index in [-0.39, 0.29) is 47.1 Å². The summed E-state index contributed by atoms with van der Waals surface area (Å²) in [5.41, 5.74) is -0.108. The predicted molar refractivity (Wildman–Crippen MR) is 78.4 cm³/mol. The molecular formula is C14H18ClNO5. The van der Waals surface area contributed by atoms with Gasteiger partial charge in [-0.25, -0.2) is 4.79 Å². The second-order valence-corrected chi connectivity index (χ2v) is 5.05. The number of carbonyl (C=O) groups excluding carboxylic acids is 1. The van der Waals surface area contributed by atoms with Gasteiger partial charge in [-0.3, -0.25) is 4.79 Å². The van der Waals surface area contributed by atoms with Gasteiger partial charge in [0, 0.05) is 17.1 Å². The summed E-state index contributed by atoms with van der Waals surface area (Å²) >= 11 is 5.82. The van der Waals surface area contributed by atoms with E-state index in [4.69, 9.17) is 26.2 Å². The lowest BCUT2D eigenvalue weighted by Crippen LogP contribution is -2.31. The zero-order chi connectivity index (χ0) is 16.0. The number of aromatic carboxylic acids is 1. The first-order valence-electron chi connectivity index (χ1n) is 6.38. The van der Waals surface area contributed by atoms with Crippen molar-refractivity contribution < 1.29 is 24.2 Å². The Bertz CT molecular complexity index is 530. The molecular weight excluding hydrogens is 298 g/mol. The SMILES string of the molecule is COc1cc(Cl)cc(C(=O)O)c1OCCC(=O)NC(C)C. The van der Waals surface area contributed by atoms with Gasteiger partial charge in [-0.15, -0.1) is 0 Å². The first kappa shape index (κ1) is 17.1. The lowest BCUT2D eigenvalue weighted by Gasteiger charge is -2.14. The Morgan fingerprint density at radius 3 is 2.57 bits per heavy atom. The van der Waals surface area contributed by atoms with Crippen LogP contribution in [0.1, 0.15) is 30.6 Å². The van der Waals surface area contributed by atoms with E-state index in [1.54, 1.807) is 0 Å². The maximum Gasteiger partial charge on any atom is 0.339 e. The summed E-state index contributed by atoms with van der Waals surface area (Å²) in [7, 11) is 1.38. The average Bonchev–Trinajstić information content (AvgIpc) is 2.38. The van der Waals surface area contributed by atoms with Crippen molar-refractivity contribution in [2.45, 2.75) is 26.3 Å². The Kier molecular flexibility index (Phi) is 6.30. The van der Waals surface area contributed by atoms with Crippen LogP contribution in [0, 0.1) is 0 Å². The molecule has 0 radical (unpaired) electrons. The van der Waals surface area contributed by atoms with Crippen LogP contribution in [0.15, 0.2) is 12.1 Å². The molecule has 116 valence electrons. The van der Waals surface area contributed by atoms with Crippen molar-refractivity contribution in [1.29, 1.82) is 0 Å². The molecule has 0 atom stereocenters. The van der Waals surface area contributed by atoms with Crippen LogP contribution in [-0.4, -0.2) is 36.7 Å². The molecule has 1 rings (SSSR count). The van der Waals surface area contributed by atoms with E-state index in [0.29, 0.717) is 0 Å². The minimum Gasteiger partial charge on any atom is -0.493 e. The lowest BCUT2D eigenvalue weighted by atomic mass is 10.2. The van der Waals surface area contributed by atoms with Gasteiger partial charge < -0.3 is 19.9 Å². The number of rotatable bonds is 7. The van der Waals surface area contributed by atoms with Crippen LogP contribution in [0.4, 0.5) is 0 Å². The molecule has 0 heterocycles. The zero-order valence-corrected chi connectivity index (χ0v) is 12.9. The predicted octanol–water partition coefficient (Wildman–Crippen LogP) is 2.34. The molecule has 6 nitrogen and oxygen atoms in total. The summed E-state index contributed by atoms with van der Waals surface area (Å²) < 4.78 is 10.5. The molecule has 0 saturated heterocycles. The molecule has 0 fully saturated rings. The summed E-state index contributed by atoms with van der Waals surface area (Å²) in [5.74, 6) is -1.08. The summed E-state index contributed by atoms with van der Waals surface area (Å²) in [6, 6.07) is 2.77. The van der Waals surface area contributed by atoms with Crippen LogP contribution in [0.3, 0.4) is 0 Å². The average molecular weight is 316 g/mol. The van der Waals surface area contributed by atoms with Crippen LogP contribution in [-0.2, 0) is 4.79 Å². The smallest absolute Gasteiger partial charge is 0.339 e. The number of benzene rings is 1. The van der Waals surface area contributed by atoms with Gasteiger partial charge >= 0.3 is 5.97 Å². The van der Waals surface area contributed by atoms with Gasteiger partial charge in [0.1, 0.15) is 5.56 Å². The molecule has 0 spiro atoms. The topological polar surface area (TPSA) is 84.9 Å². The van der Waals surface area contributed by atoms with E-state index >= 15 is 0 Å².